The third kappa shape index (κ3) is 5.12. The Labute approximate surface area is 253 Å². The van der Waals surface area contributed by atoms with E-state index in [4.69, 9.17) is 23.2 Å². The quantitative estimate of drug-likeness (QED) is 0.307. The molecule has 1 atom stereocenters. The molecule has 42 heavy (non-hydrogen) atoms. The fraction of sp³-hybridized carbons (Fsp3) is 0.219. The van der Waals surface area contributed by atoms with Crippen LogP contribution >= 0.6 is 23.2 Å². The van der Waals surface area contributed by atoms with Gasteiger partial charge in [-0.15, -0.1) is 0 Å². The zero-order chi connectivity index (χ0) is 29.6. The number of aromatic nitrogens is 2. The van der Waals surface area contributed by atoms with E-state index in [2.05, 4.69) is 29.1 Å². The third-order valence-electron chi connectivity index (χ3n) is 7.73. The van der Waals surface area contributed by atoms with E-state index in [1.54, 1.807) is 59.8 Å². The van der Waals surface area contributed by atoms with Crippen LogP contribution in [-0.2, 0) is 23.2 Å². The Morgan fingerprint density at radius 3 is 2.57 bits per heavy atom. The van der Waals surface area contributed by atoms with Crippen LogP contribution in [0.5, 0.6) is 0 Å². The average Bonchev–Trinajstić information content (AvgIpc) is 3.21. The molecule has 2 aliphatic heterocycles. The van der Waals surface area contributed by atoms with E-state index in [9.17, 15) is 14.4 Å². The van der Waals surface area contributed by atoms with Gasteiger partial charge in [0.1, 0.15) is 11.9 Å². The molecule has 2 aromatic carbocycles. The molecule has 6 rings (SSSR count). The van der Waals surface area contributed by atoms with Gasteiger partial charge in [-0.3, -0.25) is 24.3 Å². The molecule has 2 aliphatic rings. The van der Waals surface area contributed by atoms with Crippen molar-refractivity contribution in [1.29, 1.82) is 0 Å². The van der Waals surface area contributed by atoms with Gasteiger partial charge in [-0.2, -0.15) is 0 Å². The maximum absolute atomic E-state index is 13.9. The van der Waals surface area contributed by atoms with Gasteiger partial charge in [0, 0.05) is 53.6 Å². The largest absolute Gasteiger partial charge is 0.323 e. The Bertz CT molecular complexity index is 1730. The summed E-state index contributed by atoms with van der Waals surface area (Å²) in [5.74, 6) is -0.305. The molecule has 0 bridgehead atoms. The minimum absolute atomic E-state index is 0.0845. The first kappa shape index (κ1) is 27.9. The molecule has 1 N–H and O–H groups in total. The molecule has 212 valence electrons. The first-order valence-electron chi connectivity index (χ1n) is 13.5. The summed E-state index contributed by atoms with van der Waals surface area (Å²) < 4.78 is 0. The predicted octanol–water partition coefficient (Wildman–Crippen LogP) is 5.93. The highest BCUT2D eigenvalue weighted by Gasteiger charge is 2.40. The second-order valence-electron chi connectivity index (χ2n) is 11.1. The molecular weight excluding hydrogens is 573 g/mol. The van der Waals surface area contributed by atoms with E-state index >= 15 is 0 Å². The highest BCUT2D eigenvalue weighted by molar-refractivity contribution is 6.34. The van der Waals surface area contributed by atoms with Gasteiger partial charge in [-0.25, -0.2) is 4.98 Å². The van der Waals surface area contributed by atoms with Crippen molar-refractivity contribution in [3.63, 3.8) is 0 Å². The molecule has 3 amide bonds. The Morgan fingerprint density at radius 2 is 1.81 bits per heavy atom. The van der Waals surface area contributed by atoms with E-state index in [1.807, 2.05) is 24.3 Å². The summed E-state index contributed by atoms with van der Waals surface area (Å²) in [5, 5.41) is 3.52. The Kier molecular flexibility index (Phi) is 7.20. The van der Waals surface area contributed by atoms with Gasteiger partial charge in [0.05, 0.1) is 21.8 Å². The Hall–Kier alpha value is -4.27. The summed E-state index contributed by atoms with van der Waals surface area (Å²) in [4.78, 5) is 53.0. The van der Waals surface area contributed by atoms with Gasteiger partial charge in [-0.05, 0) is 54.1 Å². The summed E-state index contributed by atoms with van der Waals surface area (Å²) in [5.41, 5.74) is 3.11. The summed E-state index contributed by atoms with van der Waals surface area (Å²) >= 11 is 12.9. The fourth-order valence-corrected chi connectivity index (χ4v) is 6.05. The number of halogens is 2. The van der Waals surface area contributed by atoms with Crippen LogP contribution in [0.15, 0.2) is 79.1 Å². The van der Waals surface area contributed by atoms with E-state index < -0.39 is 6.04 Å². The maximum atomic E-state index is 13.9. The molecule has 0 aliphatic carbocycles. The third-order valence-corrected chi connectivity index (χ3v) is 8.27. The van der Waals surface area contributed by atoms with Crippen LogP contribution in [-0.4, -0.2) is 45.2 Å². The molecule has 0 fully saturated rings. The first-order chi connectivity index (χ1) is 20.1. The zero-order valence-electron chi connectivity index (χ0n) is 23.0. The minimum Gasteiger partial charge on any atom is -0.323 e. The lowest BCUT2D eigenvalue weighted by Crippen LogP contribution is -2.46. The van der Waals surface area contributed by atoms with Crippen molar-refractivity contribution < 1.29 is 14.4 Å². The first-order valence-corrected chi connectivity index (χ1v) is 14.2. The number of anilines is 2. The van der Waals surface area contributed by atoms with Crippen LogP contribution in [0.1, 0.15) is 51.4 Å². The second kappa shape index (κ2) is 10.9. The number of benzene rings is 2. The standard InChI is InChI=1S/C32H27Cl2N5O3/c1-32(2)18-39(28-24(32)7-5-13-36-28)30(41)22-10-8-19(14-25(22)34)17-38-27(16-21-6-3-4-12-35-21)29(40)37-26-15-20(33)9-11-23(26)31(38)42/h3-15,27H,16-18H2,1-2H3,(H,37,40). The average molecular weight is 601 g/mol. The number of hydrogen-bond donors (Lipinski definition) is 1. The zero-order valence-corrected chi connectivity index (χ0v) is 24.5. The molecule has 0 radical (unpaired) electrons. The lowest BCUT2D eigenvalue weighted by Gasteiger charge is -2.29. The Balaban J connectivity index is 1.32. The van der Waals surface area contributed by atoms with E-state index in [1.165, 1.54) is 4.90 Å². The number of amides is 3. The predicted molar refractivity (Wildman–Crippen MR) is 162 cm³/mol. The lowest BCUT2D eigenvalue weighted by atomic mass is 9.88. The van der Waals surface area contributed by atoms with Crippen LogP contribution < -0.4 is 10.2 Å². The molecule has 1 unspecified atom stereocenters. The normalized spacial score (nSPS) is 17.4. The fourth-order valence-electron chi connectivity index (χ4n) is 5.60. The smallest absolute Gasteiger partial charge is 0.260 e. The van der Waals surface area contributed by atoms with Crippen molar-refractivity contribution in [3.05, 3.63) is 117 Å². The summed E-state index contributed by atoms with van der Waals surface area (Å²) in [6, 6.07) is 18.3. The Morgan fingerprint density at radius 1 is 1.00 bits per heavy atom. The summed E-state index contributed by atoms with van der Waals surface area (Å²) in [6.45, 7) is 4.72. The van der Waals surface area contributed by atoms with Crippen molar-refractivity contribution >= 4 is 52.4 Å². The van der Waals surface area contributed by atoms with Crippen molar-refractivity contribution in [2.45, 2.75) is 38.3 Å². The van der Waals surface area contributed by atoms with Gasteiger partial charge in [0.25, 0.3) is 11.8 Å². The van der Waals surface area contributed by atoms with Crippen LogP contribution in [0, 0.1) is 0 Å². The van der Waals surface area contributed by atoms with Gasteiger partial charge in [0.15, 0.2) is 0 Å². The summed E-state index contributed by atoms with van der Waals surface area (Å²) in [7, 11) is 0. The minimum atomic E-state index is -0.854. The van der Waals surface area contributed by atoms with Gasteiger partial charge >= 0.3 is 0 Å². The molecule has 0 spiro atoms. The number of nitrogens with one attached hydrogen (secondary N) is 1. The number of carbonyl (C=O) groups excluding carboxylic acids is 3. The van der Waals surface area contributed by atoms with Gasteiger partial charge < -0.3 is 10.2 Å². The summed E-state index contributed by atoms with van der Waals surface area (Å²) in [6.07, 6.45) is 3.53. The molecular formula is C32H27Cl2N5O3. The molecule has 10 heteroatoms. The molecule has 2 aromatic heterocycles. The number of nitrogens with zero attached hydrogens (tertiary/aromatic N) is 4. The van der Waals surface area contributed by atoms with Crippen molar-refractivity contribution in [2.24, 2.45) is 0 Å². The molecule has 4 heterocycles. The van der Waals surface area contributed by atoms with E-state index in [0.29, 0.717) is 45.5 Å². The number of hydrogen-bond acceptors (Lipinski definition) is 5. The molecule has 0 saturated heterocycles. The van der Waals surface area contributed by atoms with Crippen LogP contribution in [0.3, 0.4) is 0 Å². The number of fused-ring (bicyclic) bond motifs is 2. The number of rotatable bonds is 5. The van der Waals surface area contributed by atoms with Gasteiger partial charge in [-0.1, -0.05) is 55.2 Å². The maximum Gasteiger partial charge on any atom is 0.260 e. The SMILES string of the molecule is CC1(C)CN(C(=O)c2ccc(CN3C(=O)c4ccc(Cl)cc4NC(=O)C3Cc3ccccn3)cc2Cl)c2ncccc21. The van der Waals surface area contributed by atoms with Gasteiger partial charge in [0.2, 0.25) is 5.91 Å². The molecule has 8 nitrogen and oxygen atoms in total. The lowest BCUT2D eigenvalue weighted by molar-refractivity contribution is -0.120. The van der Waals surface area contributed by atoms with Crippen LogP contribution in [0.2, 0.25) is 10.0 Å². The van der Waals surface area contributed by atoms with Crippen molar-refractivity contribution in [3.8, 4) is 0 Å². The van der Waals surface area contributed by atoms with Crippen molar-refractivity contribution in [2.75, 3.05) is 16.8 Å². The van der Waals surface area contributed by atoms with Crippen molar-refractivity contribution in [1.82, 2.24) is 14.9 Å². The highest BCUT2D eigenvalue weighted by atomic mass is 35.5. The second-order valence-corrected chi connectivity index (χ2v) is 12.0. The van der Waals surface area contributed by atoms with Crippen LogP contribution in [0.4, 0.5) is 11.5 Å². The number of carbonyl (C=O) groups is 3. The molecule has 4 aromatic rings. The number of pyridine rings is 2. The van der Waals surface area contributed by atoms with E-state index in [-0.39, 0.29) is 41.1 Å². The monoisotopic (exact) mass is 599 g/mol. The van der Waals surface area contributed by atoms with E-state index in [0.717, 1.165) is 5.56 Å². The topological polar surface area (TPSA) is 95.5 Å². The van der Waals surface area contributed by atoms with Crippen LogP contribution in [0.25, 0.3) is 0 Å². The molecule has 0 saturated carbocycles. The highest BCUT2D eigenvalue weighted by Crippen LogP contribution is 2.40.